The van der Waals surface area contributed by atoms with Crippen LogP contribution in [0.3, 0.4) is 0 Å². The first-order valence-electron chi connectivity index (χ1n) is 5.58. The maximum Gasteiger partial charge on any atom is 0.137 e. The number of halogens is 2. The lowest BCUT2D eigenvalue weighted by atomic mass is 10.2. The van der Waals surface area contributed by atoms with Gasteiger partial charge in [0.05, 0.1) is 10.2 Å². The Labute approximate surface area is 114 Å². The van der Waals surface area contributed by atoms with E-state index in [0.29, 0.717) is 17.6 Å². The van der Waals surface area contributed by atoms with Crippen molar-refractivity contribution in [3.63, 3.8) is 0 Å². The maximum absolute atomic E-state index is 13.0. The van der Waals surface area contributed by atoms with Crippen LogP contribution in [0.1, 0.15) is 17.1 Å². The molecule has 0 amide bonds. The van der Waals surface area contributed by atoms with Crippen molar-refractivity contribution in [2.45, 2.75) is 20.0 Å². The second-order valence-electron chi connectivity index (χ2n) is 3.95. The molecule has 1 N–H and O–H groups in total. The fourth-order valence-electron chi connectivity index (χ4n) is 1.59. The molecule has 5 heteroatoms. The van der Waals surface area contributed by atoms with Gasteiger partial charge in [0.1, 0.15) is 11.6 Å². The Bertz CT molecular complexity index is 546. The smallest absolute Gasteiger partial charge is 0.137 e. The molecule has 2 rings (SSSR count). The van der Waals surface area contributed by atoms with E-state index >= 15 is 0 Å². The minimum Gasteiger partial charge on any atom is -0.307 e. The highest BCUT2D eigenvalue weighted by Gasteiger charge is 2.01. The van der Waals surface area contributed by atoms with Crippen LogP contribution in [0.25, 0.3) is 0 Å². The fourth-order valence-corrected chi connectivity index (χ4v) is 2.01. The van der Waals surface area contributed by atoms with Crippen LogP contribution in [-0.4, -0.2) is 9.97 Å². The van der Waals surface area contributed by atoms with E-state index in [-0.39, 0.29) is 5.82 Å². The molecular weight excluding hydrogens is 297 g/mol. The summed E-state index contributed by atoms with van der Waals surface area (Å²) in [5.74, 6) is 0.518. The molecule has 0 saturated heterocycles. The summed E-state index contributed by atoms with van der Waals surface area (Å²) in [6, 6.07) is 6.86. The number of aromatic nitrogens is 2. The molecule has 0 bridgehead atoms. The Kier molecular flexibility index (Phi) is 4.38. The molecule has 0 aliphatic heterocycles. The SMILES string of the molecule is Cc1nccc(CNCc2ccc(F)c(Br)c2)n1. The lowest BCUT2D eigenvalue weighted by Crippen LogP contribution is -2.14. The zero-order valence-corrected chi connectivity index (χ0v) is 11.5. The third-order valence-corrected chi connectivity index (χ3v) is 3.06. The van der Waals surface area contributed by atoms with Crippen molar-refractivity contribution in [2.24, 2.45) is 0 Å². The summed E-state index contributed by atoms with van der Waals surface area (Å²) < 4.78 is 13.5. The van der Waals surface area contributed by atoms with Gasteiger partial charge in [-0.3, -0.25) is 0 Å². The third kappa shape index (κ3) is 3.58. The third-order valence-electron chi connectivity index (χ3n) is 2.45. The minimum absolute atomic E-state index is 0.245. The van der Waals surface area contributed by atoms with E-state index in [2.05, 4.69) is 31.2 Å². The first-order valence-corrected chi connectivity index (χ1v) is 6.37. The van der Waals surface area contributed by atoms with Crippen LogP contribution in [0.4, 0.5) is 4.39 Å². The van der Waals surface area contributed by atoms with E-state index in [1.165, 1.54) is 6.07 Å². The monoisotopic (exact) mass is 309 g/mol. The van der Waals surface area contributed by atoms with Gasteiger partial charge in [0.2, 0.25) is 0 Å². The van der Waals surface area contributed by atoms with Crippen LogP contribution < -0.4 is 5.32 Å². The summed E-state index contributed by atoms with van der Waals surface area (Å²) in [6.07, 6.45) is 1.74. The van der Waals surface area contributed by atoms with Gasteiger partial charge >= 0.3 is 0 Å². The zero-order valence-electron chi connectivity index (χ0n) is 9.95. The van der Waals surface area contributed by atoms with Crippen molar-refractivity contribution >= 4 is 15.9 Å². The molecule has 1 heterocycles. The van der Waals surface area contributed by atoms with Crippen molar-refractivity contribution in [3.8, 4) is 0 Å². The Morgan fingerprint density at radius 1 is 1.28 bits per heavy atom. The Hall–Kier alpha value is -1.33. The van der Waals surface area contributed by atoms with E-state index < -0.39 is 0 Å². The molecule has 18 heavy (non-hydrogen) atoms. The summed E-state index contributed by atoms with van der Waals surface area (Å²) in [5.41, 5.74) is 1.97. The second kappa shape index (κ2) is 6.02. The van der Waals surface area contributed by atoms with Gasteiger partial charge in [-0.1, -0.05) is 6.07 Å². The lowest BCUT2D eigenvalue weighted by Gasteiger charge is -2.06. The number of hydrogen-bond donors (Lipinski definition) is 1. The van der Waals surface area contributed by atoms with E-state index in [1.807, 2.05) is 13.0 Å². The quantitative estimate of drug-likeness (QED) is 0.943. The fraction of sp³-hybridized carbons (Fsp3) is 0.231. The summed E-state index contributed by atoms with van der Waals surface area (Å²) in [4.78, 5) is 8.33. The molecule has 0 aliphatic rings. The molecule has 3 nitrogen and oxygen atoms in total. The molecule has 94 valence electrons. The molecule has 0 aliphatic carbocycles. The summed E-state index contributed by atoms with van der Waals surface area (Å²) in [6.45, 7) is 3.20. The summed E-state index contributed by atoms with van der Waals surface area (Å²) in [5, 5.41) is 3.26. The molecule has 0 fully saturated rings. The van der Waals surface area contributed by atoms with E-state index in [1.54, 1.807) is 18.3 Å². The molecule has 0 atom stereocenters. The first kappa shape index (κ1) is 13.1. The highest BCUT2D eigenvalue weighted by atomic mass is 79.9. The van der Waals surface area contributed by atoms with Crippen molar-refractivity contribution in [1.82, 2.24) is 15.3 Å². The van der Waals surface area contributed by atoms with Crippen molar-refractivity contribution in [2.75, 3.05) is 0 Å². The van der Waals surface area contributed by atoms with Gasteiger partial charge in [0.15, 0.2) is 0 Å². The number of aryl methyl sites for hydroxylation is 1. The number of nitrogens with one attached hydrogen (secondary N) is 1. The van der Waals surface area contributed by atoms with Crippen LogP contribution in [0, 0.1) is 12.7 Å². The van der Waals surface area contributed by atoms with Crippen molar-refractivity contribution < 1.29 is 4.39 Å². The molecular formula is C13H13BrFN3. The van der Waals surface area contributed by atoms with Crippen molar-refractivity contribution in [1.29, 1.82) is 0 Å². The van der Waals surface area contributed by atoms with Gasteiger partial charge < -0.3 is 5.32 Å². The Morgan fingerprint density at radius 2 is 2.11 bits per heavy atom. The van der Waals surface area contributed by atoms with E-state index in [9.17, 15) is 4.39 Å². The number of benzene rings is 1. The average Bonchev–Trinajstić information content (AvgIpc) is 2.34. The molecule has 1 aromatic heterocycles. The van der Waals surface area contributed by atoms with Gasteiger partial charge in [-0.15, -0.1) is 0 Å². The Morgan fingerprint density at radius 3 is 2.83 bits per heavy atom. The summed E-state index contributed by atoms with van der Waals surface area (Å²) in [7, 11) is 0. The molecule has 0 saturated carbocycles. The second-order valence-corrected chi connectivity index (χ2v) is 4.80. The van der Waals surface area contributed by atoms with Crippen LogP contribution in [0.15, 0.2) is 34.9 Å². The highest BCUT2D eigenvalue weighted by Crippen LogP contribution is 2.16. The number of rotatable bonds is 4. The predicted octanol–water partition coefficient (Wildman–Crippen LogP) is 2.98. The molecule has 0 radical (unpaired) electrons. The molecule has 1 aromatic carbocycles. The average molecular weight is 310 g/mol. The van der Waals surface area contributed by atoms with Crippen LogP contribution in [0.2, 0.25) is 0 Å². The minimum atomic E-state index is -0.245. The first-order chi connectivity index (χ1) is 8.65. The molecule has 0 spiro atoms. The topological polar surface area (TPSA) is 37.8 Å². The predicted molar refractivity (Wildman–Crippen MR) is 71.4 cm³/mol. The number of nitrogens with zero attached hydrogens (tertiary/aromatic N) is 2. The van der Waals surface area contributed by atoms with E-state index in [4.69, 9.17) is 0 Å². The normalized spacial score (nSPS) is 10.6. The maximum atomic E-state index is 13.0. The largest absolute Gasteiger partial charge is 0.307 e. The van der Waals surface area contributed by atoms with Crippen LogP contribution >= 0.6 is 15.9 Å². The molecule has 2 aromatic rings. The van der Waals surface area contributed by atoms with Crippen LogP contribution in [-0.2, 0) is 13.1 Å². The molecule has 0 unspecified atom stereocenters. The van der Waals surface area contributed by atoms with Crippen molar-refractivity contribution in [3.05, 3.63) is 57.8 Å². The van der Waals surface area contributed by atoms with Gasteiger partial charge in [-0.25, -0.2) is 14.4 Å². The summed E-state index contributed by atoms with van der Waals surface area (Å²) >= 11 is 3.17. The van der Waals surface area contributed by atoms with Crippen LogP contribution in [0.5, 0.6) is 0 Å². The standard InChI is InChI=1S/C13H13BrFN3/c1-9-17-5-4-11(18-9)8-16-7-10-2-3-13(15)12(14)6-10/h2-6,16H,7-8H2,1H3. The van der Waals surface area contributed by atoms with Gasteiger partial charge in [0, 0.05) is 19.3 Å². The zero-order chi connectivity index (χ0) is 13.0. The number of hydrogen-bond acceptors (Lipinski definition) is 3. The van der Waals surface area contributed by atoms with Gasteiger partial charge in [0.25, 0.3) is 0 Å². The van der Waals surface area contributed by atoms with E-state index in [0.717, 1.165) is 17.1 Å². The highest BCUT2D eigenvalue weighted by molar-refractivity contribution is 9.10. The van der Waals surface area contributed by atoms with Gasteiger partial charge in [-0.05, 0) is 46.6 Å². The lowest BCUT2D eigenvalue weighted by molar-refractivity contribution is 0.617. The Balaban J connectivity index is 1.90. The van der Waals surface area contributed by atoms with Gasteiger partial charge in [-0.2, -0.15) is 0 Å².